The number of hydrogen-bond acceptors (Lipinski definition) is 0. The lowest BCUT2D eigenvalue weighted by atomic mass is 9.65. The van der Waals surface area contributed by atoms with Crippen LogP contribution in [0.1, 0.15) is 5.56 Å². The van der Waals surface area contributed by atoms with Crippen molar-refractivity contribution in [2.24, 2.45) is 0 Å². The normalized spacial score (nSPS) is 14.0. The largest absolute Gasteiger partial charge is 0.182 e. The molecule has 0 aliphatic carbocycles. The SMILES string of the molecule is B1C=CCc2ccccc21. The van der Waals surface area contributed by atoms with Crippen LogP contribution in [0, 0.1) is 0 Å². The molecule has 0 aromatic heterocycles. The molecule has 1 aromatic rings. The number of rotatable bonds is 0. The number of hydrogen-bond donors (Lipinski definition) is 0. The van der Waals surface area contributed by atoms with E-state index in [1.54, 1.807) is 0 Å². The molecule has 0 fully saturated rings. The van der Waals surface area contributed by atoms with Crippen LogP contribution in [-0.4, -0.2) is 7.28 Å². The van der Waals surface area contributed by atoms with Crippen molar-refractivity contribution in [3.63, 3.8) is 0 Å². The van der Waals surface area contributed by atoms with Gasteiger partial charge in [-0.3, -0.25) is 0 Å². The smallest absolute Gasteiger partial charge is 0.117 e. The van der Waals surface area contributed by atoms with Gasteiger partial charge in [0.25, 0.3) is 0 Å². The standard InChI is InChI=1S/C9H9B/c1-2-6-9-8(4-1)5-3-7-10-9/h1-4,6-7,10H,5H2. The van der Waals surface area contributed by atoms with E-state index in [0.29, 0.717) is 0 Å². The average Bonchev–Trinajstić information content (AvgIpc) is 2.05. The minimum absolute atomic E-state index is 1.12. The van der Waals surface area contributed by atoms with Gasteiger partial charge in [0.05, 0.1) is 0 Å². The average molecular weight is 128 g/mol. The van der Waals surface area contributed by atoms with Crippen LogP contribution in [0.5, 0.6) is 0 Å². The number of allylic oxidation sites excluding steroid dienone is 1. The highest BCUT2D eigenvalue weighted by Crippen LogP contribution is 2.01. The van der Waals surface area contributed by atoms with Crippen molar-refractivity contribution in [3.05, 3.63) is 41.9 Å². The maximum Gasteiger partial charge on any atom is 0.182 e. The summed E-state index contributed by atoms with van der Waals surface area (Å²) in [5.74, 6) is 2.24. The van der Waals surface area contributed by atoms with E-state index in [9.17, 15) is 0 Å². The van der Waals surface area contributed by atoms with Crippen LogP contribution in [0.2, 0.25) is 0 Å². The van der Waals surface area contributed by atoms with Crippen LogP contribution < -0.4 is 5.46 Å². The quantitative estimate of drug-likeness (QED) is 0.453. The third kappa shape index (κ3) is 0.880. The van der Waals surface area contributed by atoms with Gasteiger partial charge in [0.15, 0.2) is 7.28 Å². The van der Waals surface area contributed by atoms with E-state index in [1.165, 1.54) is 11.0 Å². The lowest BCUT2D eigenvalue weighted by Gasteiger charge is -2.07. The Bertz CT molecular complexity index is 236. The minimum Gasteiger partial charge on any atom is -0.117 e. The second-order valence-corrected chi connectivity index (χ2v) is 2.65. The molecule has 0 nitrogen and oxygen atoms in total. The van der Waals surface area contributed by atoms with Crippen molar-refractivity contribution in [1.82, 2.24) is 0 Å². The molecule has 0 saturated heterocycles. The molecule has 2 rings (SSSR count). The van der Waals surface area contributed by atoms with Gasteiger partial charge in [0.1, 0.15) is 0 Å². The van der Waals surface area contributed by atoms with Crippen LogP contribution in [0.4, 0.5) is 0 Å². The fraction of sp³-hybridized carbons (Fsp3) is 0.111. The highest BCUT2D eigenvalue weighted by Gasteiger charge is 2.02. The summed E-state index contributed by atoms with van der Waals surface area (Å²) in [5, 5.41) is 0. The summed E-state index contributed by atoms with van der Waals surface area (Å²) < 4.78 is 0. The van der Waals surface area contributed by atoms with Gasteiger partial charge < -0.3 is 0 Å². The van der Waals surface area contributed by atoms with Gasteiger partial charge in [-0.1, -0.05) is 35.8 Å². The van der Waals surface area contributed by atoms with E-state index in [4.69, 9.17) is 0 Å². The van der Waals surface area contributed by atoms with Crippen molar-refractivity contribution in [2.45, 2.75) is 6.42 Å². The molecular formula is C9H9B. The molecule has 10 heavy (non-hydrogen) atoms. The molecule has 1 aromatic carbocycles. The highest BCUT2D eigenvalue weighted by molar-refractivity contribution is 6.59. The lowest BCUT2D eigenvalue weighted by molar-refractivity contribution is 1.29. The zero-order valence-corrected chi connectivity index (χ0v) is 5.88. The summed E-state index contributed by atoms with van der Waals surface area (Å²) in [6.45, 7) is 0. The fourth-order valence-electron chi connectivity index (χ4n) is 1.38. The number of fused-ring (bicyclic) bond motifs is 1. The van der Waals surface area contributed by atoms with Gasteiger partial charge >= 0.3 is 0 Å². The Morgan fingerprint density at radius 2 is 2.10 bits per heavy atom. The Labute approximate surface area is 61.8 Å². The van der Waals surface area contributed by atoms with Crippen molar-refractivity contribution >= 4 is 12.7 Å². The molecule has 0 amide bonds. The zero-order valence-electron chi connectivity index (χ0n) is 5.88. The molecule has 1 heterocycles. The lowest BCUT2D eigenvalue weighted by Crippen LogP contribution is -2.20. The summed E-state index contributed by atoms with van der Waals surface area (Å²) in [6, 6.07) is 8.63. The molecule has 48 valence electrons. The van der Waals surface area contributed by atoms with Crippen LogP contribution in [0.25, 0.3) is 0 Å². The van der Waals surface area contributed by atoms with Crippen molar-refractivity contribution in [2.75, 3.05) is 0 Å². The summed E-state index contributed by atoms with van der Waals surface area (Å²) in [7, 11) is 1.12. The molecule has 0 N–H and O–H groups in total. The van der Waals surface area contributed by atoms with Gasteiger partial charge in [-0.05, 0) is 12.0 Å². The van der Waals surface area contributed by atoms with Crippen LogP contribution in [0.15, 0.2) is 36.3 Å². The van der Waals surface area contributed by atoms with E-state index in [-0.39, 0.29) is 0 Å². The third-order valence-electron chi connectivity index (χ3n) is 1.96. The zero-order chi connectivity index (χ0) is 6.81. The maximum absolute atomic E-state index is 2.24. The molecule has 0 saturated carbocycles. The summed E-state index contributed by atoms with van der Waals surface area (Å²) in [5.41, 5.74) is 2.98. The Morgan fingerprint density at radius 1 is 1.20 bits per heavy atom. The predicted molar refractivity (Wildman–Crippen MR) is 46.1 cm³/mol. The highest BCUT2D eigenvalue weighted by atomic mass is 14.0. The Morgan fingerprint density at radius 3 is 3.00 bits per heavy atom. The molecule has 0 bridgehead atoms. The molecule has 1 aliphatic heterocycles. The third-order valence-corrected chi connectivity index (χ3v) is 1.96. The maximum atomic E-state index is 2.24. The minimum atomic E-state index is 1.12. The summed E-state index contributed by atoms with van der Waals surface area (Å²) in [6.07, 6.45) is 3.36. The van der Waals surface area contributed by atoms with Crippen LogP contribution in [-0.2, 0) is 6.42 Å². The van der Waals surface area contributed by atoms with Crippen LogP contribution in [0.3, 0.4) is 0 Å². The second kappa shape index (κ2) is 2.33. The van der Waals surface area contributed by atoms with Gasteiger partial charge in [-0.2, -0.15) is 0 Å². The van der Waals surface area contributed by atoms with Crippen molar-refractivity contribution in [1.29, 1.82) is 0 Å². The Kier molecular flexibility index (Phi) is 1.35. The predicted octanol–water partition coefficient (Wildman–Crippen LogP) is 0.818. The second-order valence-electron chi connectivity index (χ2n) is 2.65. The monoisotopic (exact) mass is 128 g/mol. The fourth-order valence-corrected chi connectivity index (χ4v) is 1.38. The van der Waals surface area contributed by atoms with Crippen molar-refractivity contribution in [3.8, 4) is 0 Å². The van der Waals surface area contributed by atoms with Crippen molar-refractivity contribution < 1.29 is 0 Å². The molecule has 0 radical (unpaired) electrons. The topological polar surface area (TPSA) is 0 Å². The first-order chi connectivity index (χ1) is 4.97. The molecular weight excluding hydrogens is 119 g/mol. The van der Waals surface area contributed by atoms with E-state index in [1.807, 2.05) is 0 Å². The molecule has 1 heteroatoms. The first-order valence-electron chi connectivity index (χ1n) is 3.68. The van der Waals surface area contributed by atoms with Gasteiger partial charge in [0, 0.05) is 0 Å². The molecule has 0 unspecified atom stereocenters. The van der Waals surface area contributed by atoms with E-state index in [2.05, 4.69) is 36.3 Å². The van der Waals surface area contributed by atoms with Gasteiger partial charge in [0.2, 0.25) is 0 Å². The number of benzene rings is 1. The van der Waals surface area contributed by atoms with Gasteiger partial charge in [-0.25, -0.2) is 0 Å². The molecule has 0 atom stereocenters. The van der Waals surface area contributed by atoms with E-state index in [0.717, 1.165) is 13.7 Å². The Hall–Kier alpha value is -0.975. The summed E-state index contributed by atoms with van der Waals surface area (Å²) in [4.78, 5) is 0. The van der Waals surface area contributed by atoms with Gasteiger partial charge in [-0.15, -0.1) is 5.98 Å². The molecule has 0 spiro atoms. The Balaban J connectivity index is 2.47. The molecule has 1 aliphatic rings. The van der Waals surface area contributed by atoms with Crippen LogP contribution >= 0.6 is 0 Å². The first kappa shape index (κ1) is 5.78. The van der Waals surface area contributed by atoms with E-state index < -0.39 is 0 Å². The first-order valence-corrected chi connectivity index (χ1v) is 3.68. The van der Waals surface area contributed by atoms with E-state index >= 15 is 0 Å². The summed E-state index contributed by atoms with van der Waals surface area (Å²) >= 11 is 0.